The molecule has 2 rings (SSSR count). The number of hydrogen-bond donors (Lipinski definition) is 2. The Labute approximate surface area is 112 Å². The van der Waals surface area contributed by atoms with Gasteiger partial charge in [0.25, 0.3) is 5.91 Å². The Morgan fingerprint density at radius 2 is 2.05 bits per heavy atom. The van der Waals surface area contributed by atoms with Crippen LogP contribution in [0.15, 0.2) is 29.3 Å². The van der Waals surface area contributed by atoms with Crippen LogP contribution in [0.1, 0.15) is 32.3 Å². The second kappa shape index (κ2) is 5.38. The summed E-state index contributed by atoms with van der Waals surface area (Å²) in [6, 6.07) is 6.34. The molecule has 0 aromatic heterocycles. The molecule has 19 heavy (non-hydrogen) atoms. The first-order chi connectivity index (χ1) is 9.14. The maximum Gasteiger partial charge on any atom is 0.257 e. The Bertz CT molecular complexity index is 515. The summed E-state index contributed by atoms with van der Waals surface area (Å²) in [5, 5.41) is 5.73. The molecule has 1 saturated heterocycles. The lowest BCUT2D eigenvalue weighted by molar-refractivity contribution is -0.124. The minimum absolute atomic E-state index is 0.255. The third-order valence-electron chi connectivity index (χ3n) is 3.31. The van der Waals surface area contributed by atoms with Gasteiger partial charge in [-0.05, 0) is 18.9 Å². The number of rotatable bonds is 4. The van der Waals surface area contributed by atoms with Crippen molar-refractivity contribution in [1.82, 2.24) is 10.6 Å². The number of guanidine groups is 1. The van der Waals surface area contributed by atoms with Gasteiger partial charge in [0, 0.05) is 12.1 Å². The lowest BCUT2D eigenvalue weighted by Gasteiger charge is -2.25. The molecule has 1 aliphatic rings. The molecule has 0 radical (unpaired) electrons. The van der Waals surface area contributed by atoms with Crippen LogP contribution in [0.3, 0.4) is 0 Å². The highest BCUT2D eigenvalue weighted by molar-refractivity contribution is 6.09. The zero-order chi connectivity index (χ0) is 13.9. The van der Waals surface area contributed by atoms with E-state index in [4.69, 9.17) is 0 Å². The van der Waals surface area contributed by atoms with Crippen molar-refractivity contribution in [3.8, 4) is 0 Å². The largest absolute Gasteiger partial charge is 0.338 e. The van der Waals surface area contributed by atoms with Crippen LogP contribution in [0, 0.1) is 5.82 Å². The van der Waals surface area contributed by atoms with Gasteiger partial charge in [0.05, 0.1) is 0 Å². The van der Waals surface area contributed by atoms with E-state index in [2.05, 4.69) is 15.6 Å². The van der Waals surface area contributed by atoms with Gasteiger partial charge >= 0.3 is 0 Å². The normalized spacial score (nSPS) is 24.4. The van der Waals surface area contributed by atoms with Gasteiger partial charge in [-0.3, -0.25) is 15.1 Å². The number of benzene rings is 1. The van der Waals surface area contributed by atoms with E-state index in [0.29, 0.717) is 24.5 Å². The van der Waals surface area contributed by atoms with Crippen LogP contribution >= 0.6 is 0 Å². The highest BCUT2D eigenvalue weighted by atomic mass is 19.1. The van der Waals surface area contributed by atoms with Crippen LogP contribution in [-0.2, 0) is 10.3 Å². The number of amides is 1. The van der Waals surface area contributed by atoms with E-state index < -0.39 is 5.54 Å². The third kappa shape index (κ3) is 2.32. The summed E-state index contributed by atoms with van der Waals surface area (Å²) in [6.45, 7) is 4.48. The number of carbonyl (C=O) groups is 1. The maximum absolute atomic E-state index is 14.0. The van der Waals surface area contributed by atoms with Gasteiger partial charge in [-0.15, -0.1) is 0 Å². The average Bonchev–Trinajstić information content (AvgIpc) is 2.74. The summed E-state index contributed by atoms with van der Waals surface area (Å²) in [4.78, 5) is 16.5. The van der Waals surface area contributed by atoms with Gasteiger partial charge in [-0.2, -0.15) is 0 Å². The summed E-state index contributed by atoms with van der Waals surface area (Å²) in [5.74, 6) is -0.212. The molecule has 1 aliphatic heterocycles. The Kier molecular flexibility index (Phi) is 3.83. The van der Waals surface area contributed by atoms with E-state index >= 15 is 0 Å². The van der Waals surface area contributed by atoms with Crippen molar-refractivity contribution in [2.45, 2.75) is 32.2 Å². The van der Waals surface area contributed by atoms with Crippen molar-refractivity contribution < 1.29 is 9.18 Å². The highest BCUT2D eigenvalue weighted by Gasteiger charge is 2.46. The molecule has 1 amide bonds. The SMILES string of the molecule is CCCN=C1NC(=O)C(CC)(c2ccccc2F)N1. The maximum atomic E-state index is 14.0. The zero-order valence-electron chi connectivity index (χ0n) is 11.2. The number of carbonyl (C=O) groups excluding carboxylic acids is 1. The molecule has 1 aromatic rings. The van der Waals surface area contributed by atoms with Crippen LogP contribution in [-0.4, -0.2) is 18.4 Å². The van der Waals surface area contributed by atoms with E-state index in [1.165, 1.54) is 6.07 Å². The predicted molar refractivity (Wildman–Crippen MR) is 72.2 cm³/mol. The van der Waals surface area contributed by atoms with Crippen LogP contribution in [0.4, 0.5) is 4.39 Å². The van der Waals surface area contributed by atoms with E-state index in [1.807, 2.05) is 13.8 Å². The van der Waals surface area contributed by atoms with Crippen molar-refractivity contribution in [3.05, 3.63) is 35.6 Å². The van der Waals surface area contributed by atoms with Crippen molar-refractivity contribution in [1.29, 1.82) is 0 Å². The smallest absolute Gasteiger partial charge is 0.257 e. The molecule has 1 fully saturated rings. The van der Waals surface area contributed by atoms with Gasteiger partial charge < -0.3 is 5.32 Å². The number of aliphatic imine (C=N–C) groups is 1. The van der Waals surface area contributed by atoms with Crippen molar-refractivity contribution in [3.63, 3.8) is 0 Å². The zero-order valence-corrected chi connectivity index (χ0v) is 11.2. The summed E-state index contributed by atoms with van der Waals surface area (Å²) in [5.41, 5.74) is -0.700. The van der Waals surface area contributed by atoms with Gasteiger partial charge in [0.2, 0.25) is 0 Å². The fourth-order valence-corrected chi connectivity index (χ4v) is 2.24. The van der Waals surface area contributed by atoms with E-state index in [-0.39, 0.29) is 11.7 Å². The number of hydrogen-bond acceptors (Lipinski definition) is 2. The molecule has 5 heteroatoms. The first-order valence-electron chi connectivity index (χ1n) is 6.53. The van der Waals surface area contributed by atoms with Gasteiger partial charge in [0.1, 0.15) is 11.4 Å². The second-order valence-electron chi connectivity index (χ2n) is 4.55. The Morgan fingerprint density at radius 3 is 2.68 bits per heavy atom. The molecule has 1 heterocycles. The van der Waals surface area contributed by atoms with E-state index in [9.17, 15) is 9.18 Å². The molecule has 0 saturated carbocycles. The van der Waals surface area contributed by atoms with Crippen LogP contribution in [0.2, 0.25) is 0 Å². The summed E-state index contributed by atoms with van der Waals surface area (Å²) < 4.78 is 14.0. The number of nitrogens with one attached hydrogen (secondary N) is 2. The molecule has 0 bridgehead atoms. The minimum atomic E-state index is -1.06. The van der Waals surface area contributed by atoms with Gasteiger partial charge in [0.15, 0.2) is 5.96 Å². The van der Waals surface area contributed by atoms with Crippen molar-refractivity contribution in [2.75, 3.05) is 6.54 Å². The van der Waals surface area contributed by atoms with Gasteiger partial charge in [-0.25, -0.2) is 4.39 Å². The Balaban J connectivity index is 2.39. The molecule has 0 spiro atoms. The quantitative estimate of drug-likeness (QED) is 0.872. The first kappa shape index (κ1) is 13.5. The minimum Gasteiger partial charge on any atom is -0.338 e. The lowest BCUT2D eigenvalue weighted by atomic mass is 9.87. The topological polar surface area (TPSA) is 53.5 Å². The monoisotopic (exact) mass is 263 g/mol. The fourth-order valence-electron chi connectivity index (χ4n) is 2.24. The molecule has 4 nitrogen and oxygen atoms in total. The van der Waals surface area contributed by atoms with Crippen LogP contribution < -0.4 is 10.6 Å². The van der Waals surface area contributed by atoms with E-state index in [1.54, 1.807) is 18.2 Å². The molecule has 2 N–H and O–H groups in total. The summed E-state index contributed by atoms with van der Waals surface area (Å²) in [7, 11) is 0. The van der Waals surface area contributed by atoms with Crippen LogP contribution in [0.25, 0.3) is 0 Å². The highest BCUT2D eigenvalue weighted by Crippen LogP contribution is 2.30. The Morgan fingerprint density at radius 1 is 1.32 bits per heavy atom. The van der Waals surface area contributed by atoms with E-state index in [0.717, 1.165) is 6.42 Å². The molecule has 102 valence electrons. The van der Waals surface area contributed by atoms with Crippen LogP contribution in [0.5, 0.6) is 0 Å². The Hall–Kier alpha value is -1.91. The lowest BCUT2D eigenvalue weighted by Crippen LogP contribution is -2.44. The van der Waals surface area contributed by atoms with Crippen molar-refractivity contribution in [2.24, 2.45) is 4.99 Å². The third-order valence-corrected chi connectivity index (χ3v) is 3.31. The molecular formula is C14H18FN3O. The molecule has 1 atom stereocenters. The molecule has 1 aromatic carbocycles. The van der Waals surface area contributed by atoms with Gasteiger partial charge in [-0.1, -0.05) is 32.0 Å². The standard InChI is InChI=1S/C14H18FN3O/c1-3-9-16-13-17-12(19)14(4-2,18-13)10-7-5-6-8-11(10)15/h5-8H,3-4,9H2,1-2H3,(H2,16,17,18,19). The number of nitrogens with zero attached hydrogens (tertiary/aromatic N) is 1. The fraction of sp³-hybridized carbons (Fsp3) is 0.429. The molecular weight excluding hydrogens is 245 g/mol. The first-order valence-corrected chi connectivity index (χ1v) is 6.53. The summed E-state index contributed by atoms with van der Waals surface area (Å²) in [6.07, 6.45) is 1.34. The average molecular weight is 263 g/mol. The predicted octanol–water partition coefficient (Wildman–Crippen LogP) is 1.92. The summed E-state index contributed by atoms with van der Waals surface area (Å²) >= 11 is 0. The molecule has 0 aliphatic carbocycles. The second-order valence-corrected chi connectivity index (χ2v) is 4.55. The van der Waals surface area contributed by atoms with Crippen molar-refractivity contribution >= 4 is 11.9 Å². The number of halogens is 1. The molecule has 1 unspecified atom stereocenters.